The summed E-state index contributed by atoms with van der Waals surface area (Å²) in [6.45, 7) is 0. The van der Waals surface area contributed by atoms with E-state index in [0.717, 1.165) is 36.7 Å². The molecule has 20 heavy (non-hydrogen) atoms. The van der Waals surface area contributed by atoms with Gasteiger partial charge in [-0.1, -0.05) is 47.8 Å². The SMILES string of the molecule is COc1ccc(Br)c(CC(N)c2cc(Br)cc(Br)c2)c1. The number of ether oxygens (including phenoxy) is 1. The minimum Gasteiger partial charge on any atom is -0.497 e. The van der Waals surface area contributed by atoms with Crippen molar-refractivity contribution in [2.45, 2.75) is 12.5 Å². The third-order valence-corrected chi connectivity index (χ3v) is 4.70. The fraction of sp³-hybridized carbons (Fsp3) is 0.200. The minimum absolute atomic E-state index is 0.0767. The van der Waals surface area contributed by atoms with Gasteiger partial charge in [0.2, 0.25) is 0 Å². The van der Waals surface area contributed by atoms with E-state index in [-0.39, 0.29) is 6.04 Å². The molecule has 0 aliphatic carbocycles. The highest BCUT2D eigenvalue weighted by Crippen LogP contribution is 2.29. The monoisotopic (exact) mass is 461 g/mol. The topological polar surface area (TPSA) is 35.2 Å². The molecule has 2 nitrogen and oxygen atoms in total. The van der Waals surface area contributed by atoms with Crippen LogP contribution in [0.1, 0.15) is 17.2 Å². The summed E-state index contributed by atoms with van der Waals surface area (Å²) >= 11 is 10.5. The van der Waals surface area contributed by atoms with Crippen LogP contribution in [0.2, 0.25) is 0 Å². The van der Waals surface area contributed by atoms with Gasteiger partial charge < -0.3 is 10.5 Å². The third-order valence-electron chi connectivity index (χ3n) is 3.01. The second-order valence-corrected chi connectivity index (χ2v) is 7.16. The molecule has 0 aliphatic heterocycles. The van der Waals surface area contributed by atoms with E-state index in [1.54, 1.807) is 7.11 Å². The summed E-state index contributed by atoms with van der Waals surface area (Å²) in [4.78, 5) is 0. The smallest absolute Gasteiger partial charge is 0.119 e. The molecule has 1 unspecified atom stereocenters. The summed E-state index contributed by atoms with van der Waals surface area (Å²) in [5.41, 5.74) is 8.54. The first-order valence-electron chi connectivity index (χ1n) is 6.03. The third kappa shape index (κ3) is 4.07. The Morgan fingerprint density at radius 1 is 1.05 bits per heavy atom. The van der Waals surface area contributed by atoms with Gasteiger partial charge in [0.05, 0.1) is 7.11 Å². The molecule has 2 N–H and O–H groups in total. The Balaban J connectivity index is 2.24. The quantitative estimate of drug-likeness (QED) is 0.674. The van der Waals surface area contributed by atoms with Gasteiger partial charge >= 0.3 is 0 Å². The lowest BCUT2D eigenvalue weighted by Gasteiger charge is -2.15. The standard InChI is InChI=1S/C15H14Br3NO/c1-20-13-2-3-14(18)9(6-13)7-15(19)10-4-11(16)8-12(17)5-10/h2-6,8,15H,7,19H2,1H3. The average molecular weight is 464 g/mol. The molecule has 0 bridgehead atoms. The summed E-state index contributed by atoms with van der Waals surface area (Å²) in [6.07, 6.45) is 0.737. The van der Waals surface area contributed by atoms with Crippen LogP contribution in [0.3, 0.4) is 0 Å². The molecule has 0 fully saturated rings. The lowest BCUT2D eigenvalue weighted by Crippen LogP contribution is -2.13. The van der Waals surface area contributed by atoms with Gasteiger partial charge in [0.25, 0.3) is 0 Å². The molecule has 0 radical (unpaired) electrons. The van der Waals surface area contributed by atoms with Gasteiger partial charge in [0.1, 0.15) is 5.75 Å². The van der Waals surface area contributed by atoms with Crippen molar-refractivity contribution in [3.8, 4) is 5.75 Å². The van der Waals surface area contributed by atoms with Crippen LogP contribution in [-0.4, -0.2) is 7.11 Å². The van der Waals surface area contributed by atoms with Gasteiger partial charge in [-0.2, -0.15) is 0 Å². The van der Waals surface area contributed by atoms with E-state index in [0.29, 0.717) is 0 Å². The maximum atomic E-state index is 6.32. The largest absolute Gasteiger partial charge is 0.497 e. The molecule has 2 aromatic rings. The first kappa shape index (κ1) is 16.0. The van der Waals surface area contributed by atoms with Crippen LogP contribution in [0, 0.1) is 0 Å². The Morgan fingerprint density at radius 3 is 2.30 bits per heavy atom. The van der Waals surface area contributed by atoms with Crippen molar-refractivity contribution in [3.63, 3.8) is 0 Å². The number of hydrogen-bond donors (Lipinski definition) is 1. The summed E-state index contributed by atoms with van der Waals surface area (Å²) in [5, 5.41) is 0. The first-order valence-corrected chi connectivity index (χ1v) is 8.41. The molecule has 0 aliphatic rings. The molecular formula is C15H14Br3NO. The van der Waals surface area contributed by atoms with Gasteiger partial charge in [-0.15, -0.1) is 0 Å². The minimum atomic E-state index is -0.0767. The highest BCUT2D eigenvalue weighted by molar-refractivity contribution is 9.11. The molecule has 5 heteroatoms. The van der Waals surface area contributed by atoms with Crippen LogP contribution in [0.5, 0.6) is 5.75 Å². The number of halogens is 3. The second kappa shape index (κ2) is 7.07. The van der Waals surface area contributed by atoms with Crippen molar-refractivity contribution in [2.75, 3.05) is 7.11 Å². The van der Waals surface area contributed by atoms with E-state index >= 15 is 0 Å². The van der Waals surface area contributed by atoms with Crippen LogP contribution in [-0.2, 0) is 6.42 Å². The van der Waals surface area contributed by atoms with E-state index in [2.05, 4.69) is 47.8 Å². The first-order chi connectivity index (χ1) is 9.49. The number of benzene rings is 2. The molecule has 1 atom stereocenters. The summed E-state index contributed by atoms with van der Waals surface area (Å²) in [6, 6.07) is 11.9. The molecule has 2 rings (SSSR count). The maximum Gasteiger partial charge on any atom is 0.119 e. The Morgan fingerprint density at radius 2 is 1.70 bits per heavy atom. The van der Waals surface area contributed by atoms with Gasteiger partial charge in [-0.25, -0.2) is 0 Å². The van der Waals surface area contributed by atoms with Crippen molar-refractivity contribution in [3.05, 3.63) is 60.9 Å². The van der Waals surface area contributed by atoms with Crippen LogP contribution < -0.4 is 10.5 Å². The molecule has 0 spiro atoms. The average Bonchev–Trinajstić information content (AvgIpc) is 2.40. The van der Waals surface area contributed by atoms with E-state index in [1.165, 1.54) is 0 Å². The van der Waals surface area contributed by atoms with Gasteiger partial charge in [0.15, 0.2) is 0 Å². The van der Waals surface area contributed by atoms with Crippen molar-refractivity contribution < 1.29 is 4.74 Å². The number of rotatable bonds is 4. The summed E-state index contributed by atoms with van der Waals surface area (Å²) in [5.74, 6) is 0.839. The highest BCUT2D eigenvalue weighted by Gasteiger charge is 2.11. The summed E-state index contributed by atoms with van der Waals surface area (Å²) in [7, 11) is 1.67. The van der Waals surface area contributed by atoms with E-state index in [9.17, 15) is 0 Å². The highest BCUT2D eigenvalue weighted by atomic mass is 79.9. The number of hydrogen-bond acceptors (Lipinski definition) is 2. The maximum absolute atomic E-state index is 6.32. The van der Waals surface area contributed by atoms with Gasteiger partial charge in [-0.3, -0.25) is 0 Å². The normalized spacial score (nSPS) is 12.2. The molecule has 0 heterocycles. The van der Waals surface area contributed by atoms with Crippen LogP contribution in [0.25, 0.3) is 0 Å². The Kier molecular flexibility index (Phi) is 5.66. The predicted octanol–water partition coefficient (Wildman–Crippen LogP) is 5.23. The lowest BCUT2D eigenvalue weighted by atomic mass is 9.99. The van der Waals surface area contributed by atoms with Crippen molar-refractivity contribution in [1.82, 2.24) is 0 Å². The van der Waals surface area contributed by atoms with E-state index < -0.39 is 0 Å². The molecule has 2 aromatic carbocycles. The fourth-order valence-corrected chi connectivity index (χ4v) is 3.72. The lowest BCUT2D eigenvalue weighted by molar-refractivity contribution is 0.414. The van der Waals surface area contributed by atoms with Crippen LogP contribution >= 0.6 is 47.8 Å². The molecule has 0 amide bonds. The zero-order chi connectivity index (χ0) is 14.7. The van der Waals surface area contributed by atoms with E-state index in [4.69, 9.17) is 10.5 Å². The van der Waals surface area contributed by atoms with Crippen molar-refractivity contribution in [2.24, 2.45) is 5.73 Å². The van der Waals surface area contributed by atoms with Crippen molar-refractivity contribution >= 4 is 47.8 Å². The molecule has 0 saturated carbocycles. The summed E-state index contributed by atoms with van der Waals surface area (Å²) < 4.78 is 8.33. The number of nitrogens with two attached hydrogens (primary N) is 1. The van der Waals surface area contributed by atoms with Crippen molar-refractivity contribution in [1.29, 1.82) is 0 Å². The molecule has 0 aromatic heterocycles. The molecule has 0 saturated heterocycles. The Hall–Kier alpha value is -0.360. The molecule has 106 valence electrons. The Bertz CT molecular complexity index is 596. The van der Waals surface area contributed by atoms with Gasteiger partial charge in [-0.05, 0) is 53.9 Å². The second-order valence-electron chi connectivity index (χ2n) is 4.47. The Labute approximate surface area is 144 Å². The van der Waals surface area contributed by atoms with Crippen LogP contribution in [0.4, 0.5) is 0 Å². The molecular weight excluding hydrogens is 450 g/mol. The zero-order valence-electron chi connectivity index (χ0n) is 10.9. The fourth-order valence-electron chi connectivity index (χ4n) is 1.98. The van der Waals surface area contributed by atoms with E-state index in [1.807, 2.05) is 36.4 Å². The zero-order valence-corrected chi connectivity index (χ0v) is 15.6. The number of methoxy groups -OCH3 is 1. The van der Waals surface area contributed by atoms with Crippen LogP contribution in [0.15, 0.2) is 49.8 Å². The van der Waals surface area contributed by atoms with Gasteiger partial charge in [0, 0.05) is 19.5 Å². The predicted molar refractivity (Wildman–Crippen MR) is 93.2 cm³/mol.